The lowest BCUT2D eigenvalue weighted by atomic mass is 10.1. The van der Waals surface area contributed by atoms with Crippen molar-refractivity contribution in [2.45, 2.75) is 9.79 Å². The van der Waals surface area contributed by atoms with Gasteiger partial charge in [-0.1, -0.05) is 0 Å². The van der Waals surface area contributed by atoms with Crippen LogP contribution in [0.3, 0.4) is 0 Å². The first-order valence-electron chi connectivity index (χ1n) is 7.84. The largest absolute Gasteiger partial charge is 0.477 e. The molecule has 3 rings (SSSR count). The minimum atomic E-state index is -4.84. The molecule has 1 aromatic heterocycles. The molecule has 0 saturated carbocycles. The molecular weight excluding hydrogens is 442 g/mol. The molecule has 0 saturated heterocycles. The van der Waals surface area contributed by atoms with Crippen LogP contribution in [0.15, 0.2) is 57.1 Å². The molecule has 0 amide bonds. The second-order valence-corrected chi connectivity index (χ2v) is 8.82. The molecule has 0 radical (unpaired) electrons. The average Bonchev–Trinajstić information content (AvgIpc) is 2.97. The number of carbonyl (C=O) groups is 1. The van der Waals surface area contributed by atoms with Gasteiger partial charge in [-0.05, 0) is 42.5 Å². The number of aromatic carboxylic acids is 1. The smallest absolute Gasteiger partial charge is 0.354 e. The SMILES string of the molecule is Nc1ccc(S(=O)(=O)O)c(-c2c(C(=O)O)[nH]n(-c3ccc(S(=O)(=O)O)cc3)c2=O)c1. The van der Waals surface area contributed by atoms with E-state index in [1.165, 1.54) is 0 Å². The number of carboxylic acids is 1. The number of rotatable bonds is 5. The van der Waals surface area contributed by atoms with Gasteiger partial charge in [0.05, 0.1) is 16.1 Å². The van der Waals surface area contributed by atoms with E-state index in [4.69, 9.17) is 10.3 Å². The summed E-state index contributed by atoms with van der Waals surface area (Å²) in [5, 5.41) is 11.8. The first kappa shape index (κ1) is 21.3. The van der Waals surface area contributed by atoms with Gasteiger partial charge in [0.2, 0.25) is 0 Å². The highest BCUT2D eigenvalue weighted by Gasteiger charge is 2.27. The molecule has 0 bridgehead atoms. The maximum absolute atomic E-state index is 13.0. The topological polar surface area (TPSA) is 210 Å². The molecule has 0 aliphatic heterocycles. The Hall–Kier alpha value is -3.46. The normalized spacial score (nSPS) is 12.1. The summed E-state index contributed by atoms with van der Waals surface area (Å²) < 4.78 is 64.9. The Morgan fingerprint density at radius 2 is 1.57 bits per heavy atom. The van der Waals surface area contributed by atoms with Gasteiger partial charge in [-0.25, -0.2) is 9.48 Å². The predicted octanol–water partition coefficient (Wildman–Crippen LogP) is 0.606. The molecule has 2 aromatic carbocycles. The fourth-order valence-electron chi connectivity index (χ4n) is 2.76. The molecule has 1 heterocycles. The molecule has 14 heteroatoms. The highest BCUT2D eigenvalue weighted by molar-refractivity contribution is 7.86. The zero-order valence-corrected chi connectivity index (χ0v) is 16.3. The maximum Gasteiger partial charge on any atom is 0.354 e. The number of nitrogens with two attached hydrogens (primary N) is 1. The van der Waals surface area contributed by atoms with Crippen molar-refractivity contribution in [3.05, 3.63) is 58.5 Å². The first-order chi connectivity index (χ1) is 13.8. The van der Waals surface area contributed by atoms with E-state index in [-0.39, 0.29) is 11.4 Å². The van der Waals surface area contributed by atoms with Crippen molar-refractivity contribution in [2.24, 2.45) is 0 Å². The van der Waals surface area contributed by atoms with Crippen LogP contribution in [0.1, 0.15) is 10.5 Å². The summed E-state index contributed by atoms with van der Waals surface area (Å²) in [4.78, 5) is 23.4. The number of benzene rings is 2. The monoisotopic (exact) mass is 455 g/mol. The van der Waals surface area contributed by atoms with Crippen LogP contribution >= 0.6 is 0 Å². The predicted molar refractivity (Wildman–Crippen MR) is 103 cm³/mol. The van der Waals surface area contributed by atoms with Crippen LogP contribution in [0.25, 0.3) is 16.8 Å². The molecule has 3 aromatic rings. The summed E-state index contributed by atoms with van der Waals surface area (Å²) in [6.07, 6.45) is 0. The standard InChI is InChI=1S/C16H13N3O9S2/c17-8-1-6-12(30(26,27)28)11(7-8)13-14(16(21)22)18-19(15(13)20)9-2-4-10(5-3-9)29(23,24)25/h1-7,18H,17H2,(H,21,22)(H,23,24,25)(H,26,27,28). The summed E-state index contributed by atoms with van der Waals surface area (Å²) in [6.45, 7) is 0. The van der Waals surface area contributed by atoms with Crippen molar-refractivity contribution in [2.75, 3.05) is 5.73 Å². The van der Waals surface area contributed by atoms with Gasteiger partial charge in [-0.15, -0.1) is 0 Å². The van der Waals surface area contributed by atoms with E-state index < -0.39 is 58.4 Å². The van der Waals surface area contributed by atoms with Crippen LogP contribution in [0.2, 0.25) is 0 Å². The van der Waals surface area contributed by atoms with Crippen LogP contribution in [-0.2, 0) is 20.2 Å². The molecule has 6 N–H and O–H groups in total. The third-order valence-electron chi connectivity index (χ3n) is 4.05. The molecule has 0 atom stereocenters. The Bertz CT molecular complexity index is 1430. The van der Waals surface area contributed by atoms with Crippen molar-refractivity contribution in [3.8, 4) is 16.8 Å². The molecule has 30 heavy (non-hydrogen) atoms. The second kappa shape index (κ2) is 7.10. The highest BCUT2D eigenvalue weighted by atomic mass is 32.2. The fourth-order valence-corrected chi connectivity index (χ4v) is 3.92. The lowest BCUT2D eigenvalue weighted by Crippen LogP contribution is -2.16. The number of anilines is 1. The lowest BCUT2D eigenvalue weighted by molar-refractivity contribution is 0.0690. The van der Waals surface area contributed by atoms with Crippen LogP contribution in [0, 0.1) is 0 Å². The molecular formula is C16H13N3O9S2. The van der Waals surface area contributed by atoms with Crippen molar-refractivity contribution >= 4 is 31.9 Å². The summed E-state index contributed by atoms with van der Waals surface area (Å²) in [5.41, 5.74) is 2.87. The molecule has 158 valence electrons. The number of nitrogen functional groups attached to an aromatic ring is 1. The van der Waals surface area contributed by atoms with Gasteiger partial charge in [0.15, 0.2) is 5.69 Å². The molecule has 0 unspecified atom stereocenters. The van der Waals surface area contributed by atoms with E-state index in [1.807, 2.05) is 0 Å². The fraction of sp³-hybridized carbons (Fsp3) is 0. The third-order valence-corrected chi connectivity index (χ3v) is 5.83. The zero-order valence-electron chi connectivity index (χ0n) is 14.7. The maximum atomic E-state index is 13.0. The summed E-state index contributed by atoms with van der Waals surface area (Å²) in [7, 11) is -9.34. The van der Waals surface area contributed by atoms with Gasteiger partial charge >= 0.3 is 5.97 Å². The van der Waals surface area contributed by atoms with Gasteiger partial charge in [0.25, 0.3) is 25.8 Å². The van der Waals surface area contributed by atoms with Crippen LogP contribution in [0.4, 0.5) is 5.69 Å². The van der Waals surface area contributed by atoms with E-state index in [1.54, 1.807) is 0 Å². The van der Waals surface area contributed by atoms with Crippen LogP contribution in [-0.4, -0.2) is 46.8 Å². The molecule has 12 nitrogen and oxygen atoms in total. The summed E-state index contributed by atoms with van der Waals surface area (Å²) in [6, 6.07) is 7.25. The van der Waals surface area contributed by atoms with Gasteiger partial charge < -0.3 is 10.8 Å². The molecule has 0 aliphatic carbocycles. The van der Waals surface area contributed by atoms with Crippen molar-refractivity contribution < 1.29 is 35.8 Å². The van der Waals surface area contributed by atoms with E-state index >= 15 is 0 Å². The Morgan fingerprint density at radius 3 is 2.07 bits per heavy atom. The number of aromatic amines is 1. The number of nitrogens with one attached hydrogen (secondary N) is 1. The Labute approximate surface area is 168 Å². The van der Waals surface area contributed by atoms with E-state index in [9.17, 15) is 36.1 Å². The van der Waals surface area contributed by atoms with Crippen LogP contribution < -0.4 is 11.3 Å². The van der Waals surface area contributed by atoms with E-state index in [0.29, 0.717) is 0 Å². The van der Waals surface area contributed by atoms with Crippen molar-refractivity contribution in [3.63, 3.8) is 0 Å². The first-order valence-corrected chi connectivity index (χ1v) is 10.7. The number of hydrogen-bond acceptors (Lipinski definition) is 7. The minimum Gasteiger partial charge on any atom is -0.477 e. The van der Waals surface area contributed by atoms with Gasteiger partial charge in [-0.3, -0.25) is 19.0 Å². The van der Waals surface area contributed by atoms with Gasteiger partial charge in [0.1, 0.15) is 4.90 Å². The summed E-state index contributed by atoms with van der Waals surface area (Å²) >= 11 is 0. The Balaban J connectivity index is 2.33. The molecule has 0 fully saturated rings. The number of H-pyrrole nitrogens is 1. The quantitative estimate of drug-likeness (QED) is 0.267. The number of nitrogens with zero attached hydrogens (tertiary/aromatic N) is 1. The highest BCUT2D eigenvalue weighted by Crippen LogP contribution is 2.30. The van der Waals surface area contributed by atoms with Crippen molar-refractivity contribution in [1.82, 2.24) is 9.78 Å². The average molecular weight is 455 g/mol. The Kier molecular flexibility index (Phi) is 5.03. The van der Waals surface area contributed by atoms with Crippen molar-refractivity contribution in [1.29, 1.82) is 0 Å². The Morgan fingerprint density at radius 1 is 0.967 bits per heavy atom. The summed E-state index contributed by atoms with van der Waals surface area (Å²) in [5.74, 6) is -1.61. The third kappa shape index (κ3) is 3.84. The lowest BCUT2D eigenvalue weighted by Gasteiger charge is -2.07. The van der Waals surface area contributed by atoms with Gasteiger partial charge in [-0.2, -0.15) is 16.8 Å². The molecule has 0 aliphatic rings. The van der Waals surface area contributed by atoms with Gasteiger partial charge in [0, 0.05) is 11.3 Å². The number of carboxylic acid groups (broad SMARTS) is 1. The van der Waals surface area contributed by atoms with Crippen LogP contribution in [0.5, 0.6) is 0 Å². The molecule has 0 spiro atoms. The minimum absolute atomic E-state index is 0.00149. The number of aromatic nitrogens is 2. The number of hydrogen-bond donors (Lipinski definition) is 5. The zero-order chi connectivity index (χ0) is 22.4. The van der Waals surface area contributed by atoms with E-state index in [2.05, 4.69) is 5.10 Å². The van der Waals surface area contributed by atoms with E-state index in [0.717, 1.165) is 47.1 Å². The second-order valence-electron chi connectivity index (χ2n) is 6.01.